The van der Waals surface area contributed by atoms with Crippen LogP contribution in [0.2, 0.25) is 0 Å². The van der Waals surface area contributed by atoms with Crippen LogP contribution in [0.3, 0.4) is 0 Å². The Morgan fingerprint density at radius 2 is 1.62 bits per heavy atom. The van der Waals surface area contributed by atoms with Crippen molar-refractivity contribution in [1.29, 1.82) is 0 Å². The van der Waals surface area contributed by atoms with Gasteiger partial charge in [-0.1, -0.05) is 12.1 Å². The molecule has 0 fully saturated rings. The molecule has 2 N–H and O–H groups in total. The van der Waals surface area contributed by atoms with E-state index in [2.05, 4.69) is 10.6 Å². The zero-order valence-corrected chi connectivity index (χ0v) is 17.0. The molecule has 0 saturated heterocycles. The lowest BCUT2D eigenvalue weighted by molar-refractivity contribution is -0.122. The number of nitrogens with zero attached hydrogens (tertiary/aromatic N) is 1. The Morgan fingerprint density at radius 1 is 0.966 bits per heavy atom. The number of rotatable bonds is 7. The van der Waals surface area contributed by atoms with Gasteiger partial charge in [0.25, 0.3) is 0 Å². The molecule has 0 bridgehead atoms. The van der Waals surface area contributed by atoms with Gasteiger partial charge in [0.2, 0.25) is 17.7 Å². The van der Waals surface area contributed by atoms with Crippen molar-refractivity contribution in [2.75, 3.05) is 41.5 Å². The van der Waals surface area contributed by atoms with E-state index < -0.39 is 0 Å². The van der Waals surface area contributed by atoms with E-state index in [0.717, 1.165) is 16.3 Å². The predicted molar refractivity (Wildman–Crippen MR) is 114 cm³/mol. The monoisotopic (exact) mass is 413 g/mol. The maximum atomic E-state index is 12.6. The fraction of sp³-hybridized carbons (Fsp3) is 0.286. The van der Waals surface area contributed by atoms with Gasteiger partial charge in [0.1, 0.15) is 6.61 Å². The molecule has 1 heterocycles. The number of anilines is 3. The summed E-state index contributed by atoms with van der Waals surface area (Å²) in [4.78, 5) is 39.2. The number of hydrogen-bond donors (Lipinski definition) is 2. The largest absolute Gasteiger partial charge is 0.375 e. The van der Waals surface area contributed by atoms with Crippen LogP contribution in [0.5, 0.6) is 0 Å². The number of methoxy groups -OCH3 is 1. The molecule has 0 aliphatic carbocycles. The summed E-state index contributed by atoms with van der Waals surface area (Å²) in [7, 11) is 1.45. The molecular formula is C21H23N3O4S. The van der Waals surface area contributed by atoms with E-state index in [1.165, 1.54) is 7.11 Å². The summed E-state index contributed by atoms with van der Waals surface area (Å²) < 4.78 is 4.76. The van der Waals surface area contributed by atoms with Gasteiger partial charge in [0.15, 0.2) is 0 Å². The molecule has 0 spiro atoms. The number of hydrogen-bond acceptors (Lipinski definition) is 5. The van der Waals surface area contributed by atoms with Gasteiger partial charge in [-0.3, -0.25) is 14.4 Å². The van der Waals surface area contributed by atoms with Crippen molar-refractivity contribution >= 4 is 46.5 Å². The number of nitrogens with one attached hydrogen (secondary N) is 2. The lowest BCUT2D eigenvalue weighted by Gasteiger charge is -2.29. The Hall–Kier alpha value is -2.84. The number of ether oxygens (including phenoxy) is 1. The van der Waals surface area contributed by atoms with Crippen molar-refractivity contribution in [3.8, 4) is 0 Å². The Bertz CT molecular complexity index is 886. The first-order chi connectivity index (χ1) is 14.1. The molecule has 0 saturated carbocycles. The normalized spacial score (nSPS) is 12.8. The highest BCUT2D eigenvalue weighted by atomic mass is 32.2. The van der Waals surface area contributed by atoms with E-state index in [1.54, 1.807) is 40.9 Å². The summed E-state index contributed by atoms with van der Waals surface area (Å²) in [5.74, 6) is 0.321. The molecule has 0 unspecified atom stereocenters. The van der Waals surface area contributed by atoms with Crippen molar-refractivity contribution in [3.05, 3.63) is 48.5 Å². The molecular weight excluding hydrogens is 390 g/mol. The molecule has 1 aliphatic heterocycles. The van der Waals surface area contributed by atoms with Crippen molar-refractivity contribution < 1.29 is 19.1 Å². The quantitative estimate of drug-likeness (QED) is 0.728. The minimum Gasteiger partial charge on any atom is -0.375 e. The minimum atomic E-state index is -0.250. The molecule has 0 aromatic heterocycles. The van der Waals surface area contributed by atoms with Gasteiger partial charge in [-0.05, 0) is 36.4 Å². The van der Waals surface area contributed by atoms with Crippen LogP contribution < -0.4 is 15.5 Å². The fourth-order valence-corrected chi connectivity index (χ4v) is 3.97. The lowest BCUT2D eigenvalue weighted by Crippen LogP contribution is -2.35. The summed E-state index contributed by atoms with van der Waals surface area (Å²) in [6, 6.07) is 14.6. The van der Waals surface area contributed by atoms with Crippen LogP contribution in [-0.2, 0) is 19.1 Å². The van der Waals surface area contributed by atoms with Crippen molar-refractivity contribution in [1.82, 2.24) is 0 Å². The van der Waals surface area contributed by atoms with Gasteiger partial charge in [-0.25, -0.2) is 0 Å². The molecule has 2 aromatic carbocycles. The standard InChI is InChI=1S/C21H23N3O4S/c1-28-14-20(26)23-16-8-6-15(7-9-16)22-19(25)10-11-21(27)24-12-13-29-18-5-3-2-4-17(18)24/h2-9H,10-14H2,1H3,(H,22,25)(H,23,26). The van der Waals surface area contributed by atoms with Gasteiger partial charge in [-0.15, -0.1) is 11.8 Å². The molecule has 3 amide bonds. The maximum absolute atomic E-state index is 12.6. The maximum Gasteiger partial charge on any atom is 0.250 e. The minimum absolute atomic E-state index is 0.0211. The first-order valence-corrected chi connectivity index (χ1v) is 10.3. The van der Waals surface area contributed by atoms with Gasteiger partial charge < -0.3 is 20.3 Å². The highest BCUT2D eigenvalue weighted by Gasteiger charge is 2.22. The Kier molecular flexibility index (Phi) is 7.26. The van der Waals surface area contributed by atoms with Crippen LogP contribution >= 0.6 is 11.8 Å². The Morgan fingerprint density at radius 3 is 2.31 bits per heavy atom. The van der Waals surface area contributed by atoms with Crippen LogP contribution in [0.25, 0.3) is 0 Å². The lowest BCUT2D eigenvalue weighted by atomic mass is 10.2. The summed E-state index contributed by atoms with van der Waals surface area (Å²) in [6.07, 6.45) is 0.257. The second kappa shape index (κ2) is 10.1. The molecule has 1 aliphatic rings. The van der Waals surface area contributed by atoms with Crippen molar-refractivity contribution in [2.24, 2.45) is 0 Å². The van der Waals surface area contributed by atoms with E-state index in [4.69, 9.17) is 4.74 Å². The van der Waals surface area contributed by atoms with Crippen LogP contribution in [-0.4, -0.2) is 43.7 Å². The number of para-hydroxylation sites is 1. The fourth-order valence-electron chi connectivity index (χ4n) is 2.97. The molecule has 2 aromatic rings. The predicted octanol–water partition coefficient (Wildman–Crippen LogP) is 3.13. The summed E-state index contributed by atoms with van der Waals surface area (Å²) in [5.41, 5.74) is 2.13. The third-order valence-corrected chi connectivity index (χ3v) is 5.37. The third kappa shape index (κ3) is 5.82. The Labute approximate surface area is 173 Å². The van der Waals surface area contributed by atoms with E-state index >= 15 is 0 Å². The van der Waals surface area contributed by atoms with E-state index in [-0.39, 0.29) is 37.2 Å². The average Bonchev–Trinajstić information content (AvgIpc) is 2.73. The number of benzene rings is 2. The summed E-state index contributed by atoms with van der Waals surface area (Å²) in [5, 5.41) is 5.45. The topological polar surface area (TPSA) is 87.7 Å². The van der Waals surface area contributed by atoms with E-state index in [1.807, 2.05) is 24.3 Å². The van der Waals surface area contributed by atoms with Gasteiger partial charge >= 0.3 is 0 Å². The number of carbonyl (C=O) groups excluding carboxylic acids is 3. The third-order valence-electron chi connectivity index (χ3n) is 4.32. The smallest absolute Gasteiger partial charge is 0.250 e. The second-order valence-corrected chi connectivity index (χ2v) is 7.61. The summed E-state index contributed by atoms with van der Waals surface area (Å²) >= 11 is 1.74. The number of carbonyl (C=O) groups is 3. The Balaban J connectivity index is 1.49. The highest BCUT2D eigenvalue weighted by molar-refractivity contribution is 7.99. The number of fused-ring (bicyclic) bond motifs is 1. The molecule has 29 heavy (non-hydrogen) atoms. The van der Waals surface area contributed by atoms with Crippen LogP contribution in [0.15, 0.2) is 53.4 Å². The van der Waals surface area contributed by atoms with Gasteiger partial charge in [0.05, 0.1) is 5.69 Å². The second-order valence-electron chi connectivity index (χ2n) is 6.47. The molecule has 0 radical (unpaired) electrons. The zero-order chi connectivity index (χ0) is 20.6. The highest BCUT2D eigenvalue weighted by Crippen LogP contribution is 2.34. The first-order valence-electron chi connectivity index (χ1n) is 9.27. The number of amides is 3. The van der Waals surface area contributed by atoms with E-state index in [9.17, 15) is 14.4 Å². The van der Waals surface area contributed by atoms with Gasteiger partial charge in [-0.2, -0.15) is 0 Å². The molecule has 3 rings (SSSR count). The zero-order valence-electron chi connectivity index (χ0n) is 16.1. The van der Waals surface area contributed by atoms with Crippen LogP contribution in [0.4, 0.5) is 17.1 Å². The number of thioether (sulfide) groups is 1. The first kappa shape index (κ1) is 20.9. The van der Waals surface area contributed by atoms with Crippen molar-refractivity contribution in [2.45, 2.75) is 17.7 Å². The van der Waals surface area contributed by atoms with E-state index in [0.29, 0.717) is 17.9 Å². The molecule has 152 valence electrons. The SMILES string of the molecule is COCC(=O)Nc1ccc(NC(=O)CCC(=O)N2CCSc3ccccc32)cc1. The van der Waals surface area contributed by atoms with Crippen molar-refractivity contribution in [3.63, 3.8) is 0 Å². The van der Waals surface area contributed by atoms with Gasteiger partial charge in [0, 0.05) is 48.5 Å². The molecule has 7 nitrogen and oxygen atoms in total. The summed E-state index contributed by atoms with van der Waals surface area (Å²) in [6.45, 7) is 0.630. The van der Waals surface area contributed by atoms with Crippen LogP contribution in [0.1, 0.15) is 12.8 Å². The van der Waals surface area contributed by atoms with Crippen LogP contribution in [0, 0.1) is 0 Å². The molecule has 8 heteroatoms. The average molecular weight is 413 g/mol. The molecule has 0 atom stereocenters.